The standard InChI is InChI=1S/C12H13N3O2/c1-2-9-8-11(14-12(13)15(9)16)17-10-6-4-3-5-7-10/h3-8,13,16H,2H2,1H3. The molecule has 1 heterocycles. The van der Waals surface area contributed by atoms with Crippen molar-refractivity contribution in [2.75, 3.05) is 0 Å². The summed E-state index contributed by atoms with van der Waals surface area (Å²) in [6.07, 6.45) is 0.593. The lowest BCUT2D eigenvalue weighted by Gasteiger charge is -2.08. The predicted octanol–water partition coefficient (Wildman–Crippen LogP) is 1.95. The number of hydrogen-bond donors (Lipinski definition) is 2. The van der Waals surface area contributed by atoms with Crippen molar-refractivity contribution in [3.63, 3.8) is 0 Å². The summed E-state index contributed by atoms with van der Waals surface area (Å²) < 4.78 is 6.25. The summed E-state index contributed by atoms with van der Waals surface area (Å²) in [5.74, 6) is 0.959. The second kappa shape index (κ2) is 4.69. The molecule has 0 amide bonds. The summed E-state index contributed by atoms with van der Waals surface area (Å²) in [5.41, 5.74) is 0.339. The molecule has 1 aromatic carbocycles. The Kier molecular flexibility index (Phi) is 3.09. The molecule has 0 aliphatic carbocycles. The molecule has 2 N–H and O–H groups in total. The van der Waals surface area contributed by atoms with Crippen LogP contribution < -0.4 is 10.4 Å². The van der Waals surface area contributed by atoms with Crippen molar-refractivity contribution < 1.29 is 9.94 Å². The second-order valence-electron chi connectivity index (χ2n) is 3.49. The Balaban J connectivity index is 2.34. The van der Waals surface area contributed by atoms with Crippen molar-refractivity contribution >= 4 is 0 Å². The van der Waals surface area contributed by atoms with E-state index in [2.05, 4.69) is 4.98 Å². The molecular formula is C12H13N3O2. The van der Waals surface area contributed by atoms with Gasteiger partial charge in [-0.2, -0.15) is 9.71 Å². The fourth-order valence-electron chi connectivity index (χ4n) is 1.44. The third-order valence-corrected chi connectivity index (χ3v) is 2.31. The van der Waals surface area contributed by atoms with Gasteiger partial charge in [0.2, 0.25) is 5.88 Å². The van der Waals surface area contributed by atoms with Crippen molar-refractivity contribution in [2.24, 2.45) is 0 Å². The zero-order chi connectivity index (χ0) is 12.3. The van der Waals surface area contributed by atoms with Crippen molar-refractivity contribution in [2.45, 2.75) is 13.3 Å². The molecule has 0 radical (unpaired) electrons. The molecule has 0 unspecified atom stereocenters. The van der Waals surface area contributed by atoms with Crippen LogP contribution in [0.2, 0.25) is 0 Å². The average molecular weight is 231 g/mol. The summed E-state index contributed by atoms with van der Waals surface area (Å²) >= 11 is 0. The maximum absolute atomic E-state index is 9.50. The van der Waals surface area contributed by atoms with Crippen LogP contribution in [-0.2, 0) is 6.42 Å². The van der Waals surface area contributed by atoms with E-state index in [4.69, 9.17) is 10.1 Å². The number of hydrogen-bond acceptors (Lipinski definition) is 4. The maximum Gasteiger partial charge on any atom is 0.258 e. The Morgan fingerprint density at radius 2 is 2.06 bits per heavy atom. The van der Waals surface area contributed by atoms with Crippen LogP contribution in [0.4, 0.5) is 0 Å². The lowest BCUT2D eigenvalue weighted by molar-refractivity contribution is 0.154. The van der Waals surface area contributed by atoms with Crippen molar-refractivity contribution in [3.8, 4) is 11.6 Å². The topological polar surface area (TPSA) is 71.1 Å². The van der Waals surface area contributed by atoms with Gasteiger partial charge in [0.05, 0.1) is 5.69 Å². The van der Waals surface area contributed by atoms with Gasteiger partial charge in [0.1, 0.15) is 5.75 Å². The molecular weight excluding hydrogens is 218 g/mol. The number of aromatic nitrogens is 2. The molecule has 0 fully saturated rings. The minimum absolute atomic E-state index is 0.240. The largest absolute Gasteiger partial charge is 0.439 e. The van der Waals surface area contributed by atoms with Gasteiger partial charge in [-0.05, 0) is 18.6 Å². The quantitative estimate of drug-likeness (QED) is 0.793. The first kappa shape index (κ1) is 11.2. The highest BCUT2D eigenvalue weighted by Crippen LogP contribution is 2.18. The van der Waals surface area contributed by atoms with Crippen molar-refractivity contribution in [1.29, 1.82) is 5.41 Å². The normalized spacial score (nSPS) is 10.2. The SMILES string of the molecule is CCc1cc(Oc2ccccc2)nc(=N)n1O. The predicted molar refractivity (Wildman–Crippen MR) is 61.2 cm³/mol. The molecule has 2 rings (SSSR count). The van der Waals surface area contributed by atoms with Gasteiger partial charge in [0.15, 0.2) is 0 Å². The van der Waals surface area contributed by atoms with Crippen molar-refractivity contribution in [1.82, 2.24) is 9.71 Å². The monoisotopic (exact) mass is 231 g/mol. The third kappa shape index (κ3) is 2.44. The Morgan fingerprint density at radius 1 is 1.35 bits per heavy atom. The van der Waals surface area contributed by atoms with Crippen LogP contribution in [0.5, 0.6) is 11.6 Å². The van der Waals surface area contributed by atoms with Crippen LogP contribution in [0, 0.1) is 5.41 Å². The molecule has 0 spiro atoms. The van der Waals surface area contributed by atoms with E-state index in [1.807, 2.05) is 25.1 Å². The first-order valence-electron chi connectivity index (χ1n) is 5.30. The molecule has 0 bridgehead atoms. The van der Waals surface area contributed by atoms with Gasteiger partial charge in [-0.3, -0.25) is 5.41 Å². The highest BCUT2D eigenvalue weighted by atomic mass is 16.5. The number of benzene rings is 1. The van der Waals surface area contributed by atoms with E-state index in [9.17, 15) is 5.21 Å². The van der Waals surface area contributed by atoms with Gasteiger partial charge in [-0.15, -0.1) is 0 Å². The molecule has 0 aliphatic heterocycles. The minimum Gasteiger partial charge on any atom is -0.439 e. The summed E-state index contributed by atoms with van der Waals surface area (Å²) in [4.78, 5) is 3.83. The van der Waals surface area contributed by atoms with Gasteiger partial charge in [-0.1, -0.05) is 25.1 Å². The number of aryl methyl sites for hydroxylation is 1. The Morgan fingerprint density at radius 3 is 2.71 bits per heavy atom. The number of nitrogens with one attached hydrogen (secondary N) is 1. The van der Waals surface area contributed by atoms with E-state index >= 15 is 0 Å². The van der Waals surface area contributed by atoms with Crippen LogP contribution in [0.1, 0.15) is 12.6 Å². The fraction of sp³-hybridized carbons (Fsp3) is 0.167. The molecule has 0 saturated heterocycles. The second-order valence-corrected chi connectivity index (χ2v) is 3.49. The molecule has 1 aromatic heterocycles. The van der Waals surface area contributed by atoms with Gasteiger partial charge in [0.25, 0.3) is 5.62 Å². The van der Waals surface area contributed by atoms with Gasteiger partial charge < -0.3 is 9.94 Å². The maximum atomic E-state index is 9.50. The van der Waals surface area contributed by atoms with Crippen LogP contribution in [0.3, 0.4) is 0 Å². The summed E-state index contributed by atoms with van der Waals surface area (Å²) in [7, 11) is 0. The lowest BCUT2D eigenvalue weighted by atomic mass is 10.3. The van der Waals surface area contributed by atoms with Gasteiger partial charge >= 0.3 is 0 Å². The summed E-state index contributed by atoms with van der Waals surface area (Å²) in [5, 5.41) is 17.0. The number of ether oxygens (including phenoxy) is 1. The summed E-state index contributed by atoms with van der Waals surface area (Å²) in [6.45, 7) is 1.88. The average Bonchev–Trinajstić information content (AvgIpc) is 2.35. The van der Waals surface area contributed by atoms with Crippen LogP contribution >= 0.6 is 0 Å². The molecule has 5 nitrogen and oxygen atoms in total. The zero-order valence-electron chi connectivity index (χ0n) is 9.42. The van der Waals surface area contributed by atoms with Gasteiger partial charge in [-0.25, -0.2) is 0 Å². The van der Waals surface area contributed by atoms with Crippen LogP contribution in [-0.4, -0.2) is 14.9 Å². The number of nitrogens with zero attached hydrogens (tertiary/aromatic N) is 2. The molecule has 5 heteroatoms. The first-order chi connectivity index (χ1) is 8.20. The molecule has 88 valence electrons. The van der Waals surface area contributed by atoms with Crippen LogP contribution in [0.15, 0.2) is 36.4 Å². The zero-order valence-corrected chi connectivity index (χ0v) is 9.42. The fourth-order valence-corrected chi connectivity index (χ4v) is 1.44. The Labute approximate surface area is 98.4 Å². The van der Waals surface area contributed by atoms with E-state index in [1.54, 1.807) is 18.2 Å². The van der Waals surface area contributed by atoms with Gasteiger partial charge in [0, 0.05) is 6.07 Å². The minimum atomic E-state index is -0.240. The van der Waals surface area contributed by atoms with E-state index in [-0.39, 0.29) is 5.62 Å². The van der Waals surface area contributed by atoms with E-state index in [0.29, 0.717) is 23.7 Å². The van der Waals surface area contributed by atoms with E-state index in [0.717, 1.165) is 4.73 Å². The molecule has 0 saturated carbocycles. The van der Waals surface area contributed by atoms with Crippen molar-refractivity contribution in [3.05, 3.63) is 47.7 Å². The lowest BCUT2D eigenvalue weighted by Crippen LogP contribution is -2.24. The Hall–Kier alpha value is -2.30. The number of para-hydroxylation sites is 1. The smallest absolute Gasteiger partial charge is 0.258 e. The molecule has 17 heavy (non-hydrogen) atoms. The summed E-state index contributed by atoms with van der Waals surface area (Å²) in [6, 6.07) is 10.8. The van der Waals surface area contributed by atoms with Crippen LogP contribution in [0.25, 0.3) is 0 Å². The third-order valence-electron chi connectivity index (χ3n) is 2.31. The van der Waals surface area contributed by atoms with E-state index in [1.165, 1.54) is 0 Å². The number of rotatable bonds is 3. The Bertz CT molecular complexity index is 564. The molecule has 2 aromatic rings. The van der Waals surface area contributed by atoms with E-state index < -0.39 is 0 Å². The highest BCUT2D eigenvalue weighted by molar-refractivity contribution is 5.26. The molecule has 0 atom stereocenters. The molecule has 0 aliphatic rings. The first-order valence-corrected chi connectivity index (χ1v) is 5.30. The highest BCUT2D eigenvalue weighted by Gasteiger charge is 2.05.